The van der Waals surface area contributed by atoms with E-state index in [-0.39, 0.29) is 19.4 Å². The van der Waals surface area contributed by atoms with E-state index in [4.69, 9.17) is 25.5 Å². The standard InChI is InChI=1S/C17H24N2O14/c20-9(4-16(32,14(28)29)6-11(22)23)18-3-1-2-8(13(26)27)19-10(21)5-17(33,15(30)31)7-12(24)25/h8,32-33H,1-7H2,(H,18,20)(H,19,21)(H,22,23)(H,24,25)(H,26,27)(H,28,29)(H,30,31)/t8-,16+,17+/m1/s1. The van der Waals surface area contributed by atoms with Gasteiger partial charge in [0.1, 0.15) is 6.04 Å². The Morgan fingerprint density at radius 3 is 1.45 bits per heavy atom. The topological polar surface area (TPSA) is 285 Å². The van der Waals surface area contributed by atoms with E-state index in [0.717, 1.165) is 0 Å². The summed E-state index contributed by atoms with van der Waals surface area (Å²) >= 11 is 0. The molecule has 0 aliphatic carbocycles. The van der Waals surface area contributed by atoms with Gasteiger partial charge in [0.15, 0.2) is 11.2 Å². The number of carbonyl (C=O) groups excluding carboxylic acids is 2. The number of carbonyl (C=O) groups is 7. The zero-order valence-electron chi connectivity index (χ0n) is 17.0. The number of amides is 2. The first-order valence-electron chi connectivity index (χ1n) is 9.16. The number of carboxylic acid groups (broad SMARTS) is 5. The number of carboxylic acids is 5. The molecule has 0 aromatic heterocycles. The third kappa shape index (κ3) is 10.4. The highest BCUT2D eigenvalue weighted by atomic mass is 16.4. The quantitative estimate of drug-likeness (QED) is 0.0984. The minimum atomic E-state index is -2.97. The van der Waals surface area contributed by atoms with Gasteiger partial charge in [-0.05, 0) is 12.8 Å². The van der Waals surface area contributed by atoms with E-state index >= 15 is 0 Å². The number of aliphatic hydroxyl groups is 2. The molecule has 0 aliphatic rings. The summed E-state index contributed by atoms with van der Waals surface area (Å²) < 4.78 is 0. The predicted molar refractivity (Wildman–Crippen MR) is 101 cm³/mol. The van der Waals surface area contributed by atoms with Gasteiger partial charge in [-0.2, -0.15) is 0 Å². The number of aliphatic carboxylic acids is 5. The number of hydrogen-bond acceptors (Lipinski definition) is 9. The molecule has 0 saturated heterocycles. The van der Waals surface area contributed by atoms with Crippen LogP contribution >= 0.6 is 0 Å². The zero-order chi connectivity index (χ0) is 26.0. The van der Waals surface area contributed by atoms with Crippen molar-refractivity contribution in [2.75, 3.05) is 6.54 Å². The molecule has 0 aromatic rings. The molecule has 2 amide bonds. The minimum absolute atomic E-state index is 0.119. The molecule has 0 heterocycles. The highest BCUT2D eigenvalue weighted by molar-refractivity contribution is 5.92. The fraction of sp³-hybridized carbons (Fsp3) is 0.588. The number of hydrogen-bond donors (Lipinski definition) is 9. The first-order valence-corrected chi connectivity index (χ1v) is 9.16. The third-order valence-electron chi connectivity index (χ3n) is 4.21. The summed E-state index contributed by atoms with van der Waals surface area (Å²) in [5.74, 6) is -11.2. The fourth-order valence-electron chi connectivity index (χ4n) is 2.56. The van der Waals surface area contributed by atoms with Crippen LogP contribution in [0.15, 0.2) is 0 Å². The second-order valence-corrected chi connectivity index (χ2v) is 7.12. The normalized spacial score (nSPS) is 15.2. The van der Waals surface area contributed by atoms with Crippen LogP contribution in [0.5, 0.6) is 0 Å². The maximum atomic E-state index is 11.9. The van der Waals surface area contributed by atoms with E-state index in [1.54, 1.807) is 0 Å². The lowest BCUT2D eigenvalue weighted by atomic mass is 9.95. The Balaban J connectivity index is 4.80. The maximum Gasteiger partial charge on any atom is 0.336 e. The van der Waals surface area contributed by atoms with Crippen LogP contribution < -0.4 is 10.6 Å². The van der Waals surface area contributed by atoms with Crippen molar-refractivity contribution in [3.63, 3.8) is 0 Å². The van der Waals surface area contributed by atoms with Crippen molar-refractivity contribution < 1.29 is 69.3 Å². The van der Waals surface area contributed by atoms with E-state index < -0.39 is 84.6 Å². The van der Waals surface area contributed by atoms with Crippen LogP contribution in [0.3, 0.4) is 0 Å². The first-order chi connectivity index (χ1) is 15.0. The molecule has 0 fully saturated rings. The monoisotopic (exact) mass is 480 g/mol. The van der Waals surface area contributed by atoms with Crippen LogP contribution in [-0.2, 0) is 33.6 Å². The van der Waals surface area contributed by atoms with Crippen LogP contribution in [0, 0.1) is 0 Å². The molecule has 16 nitrogen and oxygen atoms in total. The van der Waals surface area contributed by atoms with E-state index in [9.17, 15) is 43.8 Å². The molecular weight excluding hydrogens is 456 g/mol. The van der Waals surface area contributed by atoms with Gasteiger partial charge in [0.05, 0.1) is 25.7 Å². The van der Waals surface area contributed by atoms with E-state index in [0.29, 0.717) is 0 Å². The van der Waals surface area contributed by atoms with Gasteiger partial charge >= 0.3 is 29.8 Å². The summed E-state index contributed by atoms with van der Waals surface area (Å²) in [4.78, 5) is 78.3. The second kappa shape index (κ2) is 12.3. The second-order valence-electron chi connectivity index (χ2n) is 7.12. The van der Waals surface area contributed by atoms with Crippen molar-refractivity contribution in [2.24, 2.45) is 0 Å². The molecule has 0 rings (SSSR count). The molecule has 16 heteroatoms. The molecule has 0 aromatic carbocycles. The highest BCUT2D eigenvalue weighted by Gasteiger charge is 2.42. The highest BCUT2D eigenvalue weighted by Crippen LogP contribution is 2.17. The van der Waals surface area contributed by atoms with E-state index in [2.05, 4.69) is 5.32 Å². The third-order valence-corrected chi connectivity index (χ3v) is 4.21. The molecule has 9 N–H and O–H groups in total. The lowest BCUT2D eigenvalue weighted by molar-refractivity contribution is -0.167. The van der Waals surface area contributed by atoms with Gasteiger partial charge < -0.3 is 46.4 Å². The van der Waals surface area contributed by atoms with Gasteiger partial charge in [-0.15, -0.1) is 0 Å². The van der Waals surface area contributed by atoms with Gasteiger partial charge in [0, 0.05) is 6.54 Å². The molecular formula is C17H24N2O14. The Morgan fingerprint density at radius 2 is 1.09 bits per heavy atom. The Bertz CT molecular complexity index is 812. The largest absolute Gasteiger partial charge is 0.481 e. The lowest BCUT2D eigenvalue weighted by Gasteiger charge is -2.22. The van der Waals surface area contributed by atoms with Gasteiger partial charge in [-0.25, -0.2) is 14.4 Å². The lowest BCUT2D eigenvalue weighted by Crippen LogP contribution is -2.48. The summed E-state index contributed by atoms with van der Waals surface area (Å²) in [6.07, 6.45) is -5.34. The van der Waals surface area contributed by atoms with Crippen molar-refractivity contribution >= 4 is 41.7 Å². The van der Waals surface area contributed by atoms with Crippen molar-refractivity contribution in [2.45, 2.75) is 55.8 Å². The van der Waals surface area contributed by atoms with Crippen LogP contribution in [0.25, 0.3) is 0 Å². The Labute approximate surface area is 184 Å². The smallest absolute Gasteiger partial charge is 0.336 e. The van der Waals surface area contributed by atoms with Crippen LogP contribution in [0.4, 0.5) is 0 Å². The Morgan fingerprint density at radius 1 is 0.667 bits per heavy atom. The first kappa shape index (κ1) is 29.2. The summed E-state index contributed by atoms with van der Waals surface area (Å²) in [6, 6.07) is -1.61. The SMILES string of the molecule is O=C(O)C[C@@](O)(CC(=O)NCCC[C@@H](NC(=O)C[C@](O)(CC(=O)O)C(=O)O)C(=O)O)C(=O)O. The van der Waals surface area contributed by atoms with Crippen molar-refractivity contribution in [3.05, 3.63) is 0 Å². The van der Waals surface area contributed by atoms with E-state index in [1.165, 1.54) is 0 Å². The molecule has 33 heavy (non-hydrogen) atoms. The number of rotatable bonds is 16. The Kier molecular flexibility index (Phi) is 10.9. The average molecular weight is 480 g/mol. The molecule has 0 unspecified atom stereocenters. The van der Waals surface area contributed by atoms with Crippen LogP contribution in [-0.4, -0.2) is 101 Å². The summed E-state index contributed by atoms with van der Waals surface area (Å²) in [5.41, 5.74) is -5.83. The van der Waals surface area contributed by atoms with Crippen molar-refractivity contribution in [1.82, 2.24) is 10.6 Å². The summed E-state index contributed by atoms with van der Waals surface area (Å²) in [7, 11) is 0. The maximum absolute atomic E-state index is 11.9. The summed E-state index contributed by atoms with van der Waals surface area (Å²) in [6.45, 7) is -0.265. The molecule has 0 bridgehead atoms. The molecule has 186 valence electrons. The van der Waals surface area contributed by atoms with Crippen molar-refractivity contribution in [3.8, 4) is 0 Å². The minimum Gasteiger partial charge on any atom is -0.481 e. The molecule has 3 atom stereocenters. The van der Waals surface area contributed by atoms with Crippen LogP contribution in [0.2, 0.25) is 0 Å². The molecule has 0 aliphatic heterocycles. The van der Waals surface area contributed by atoms with E-state index in [1.807, 2.05) is 5.32 Å². The van der Waals surface area contributed by atoms with Gasteiger partial charge in [0.25, 0.3) is 0 Å². The number of nitrogens with one attached hydrogen (secondary N) is 2. The predicted octanol–water partition coefficient (Wildman–Crippen LogP) is -3.19. The molecule has 0 spiro atoms. The summed E-state index contributed by atoms with van der Waals surface area (Å²) in [5, 5.41) is 67.9. The fourth-order valence-corrected chi connectivity index (χ4v) is 2.56. The van der Waals surface area contributed by atoms with Crippen LogP contribution in [0.1, 0.15) is 38.5 Å². The van der Waals surface area contributed by atoms with Gasteiger partial charge in [-0.1, -0.05) is 0 Å². The Hall–Kier alpha value is -3.79. The molecule has 0 saturated carbocycles. The average Bonchev–Trinajstić information content (AvgIpc) is 2.62. The van der Waals surface area contributed by atoms with Gasteiger partial charge in [-0.3, -0.25) is 19.2 Å². The van der Waals surface area contributed by atoms with Crippen molar-refractivity contribution in [1.29, 1.82) is 0 Å². The zero-order valence-corrected chi connectivity index (χ0v) is 17.0. The van der Waals surface area contributed by atoms with Gasteiger partial charge in [0.2, 0.25) is 11.8 Å². The molecule has 0 radical (unpaired) electrons.